The Morgan fingerprint density at radius 1 is 0.833 bits per heavy atom. The molecule has 1 atom stereocenters. The Hall–Kier alpha value is -0.820. The predicted molar refractivity (Wildman–Crippen MR) is 78.8 cm³/mol. The van der Waals surface area contributed by atoms with Crippen molar-refractivity contribution >= 4 is 0 Å². The zero-order valence-corrected chi connectivity index (χ0v) is 11.8. The lowest BCUT2D eigenvalue weighted by atomic mass is 10.0. The minimum atomic E-state index is -0.115. The number of rotatable bonds is 10. The van der Waals surface area contributed by atoms with Crippen LogP contribution in [0.4, 0.5) is 0 Å². The van der Waals surface area contributed by atoms with Crippen molar-refractivity contribution < 1.29 is 5.11 Å². The summed E-state index contributed by atoms with van der Waals surface area (Å²) in [6, 6.07) is 10.8. The van der Waals surface area contributed by atoms with Crippen LogP contribution in [0.2, 0.25) is 0 Å². The molecule has 1 heteroatoms. The molecule has 0 saturated carbocycles. The summed E-state index contributed by atoms with van der Waals surface area (Å²) in [5, 5.41) is 9.13. The summed E-state index contributed by atoms with van der Waals surface area (Å²) in [7, 11) is 0. The molecule has 0 aliphatic heterocycles. The molecule has 0 fully saturated rings. The molecule has 0 aliphatic carbocycles. The molecular formula is C17H28O. The number of hydrogen-bond acceptors (Lipinski definition) is 1. The number of aliphatic hydroxyl groups is 1. The molecule has 18 heavy (non-hydrogen) atoms. The highest BCUT2D eigenvalue weighted by Gasteiger charge is 1.96. The third-order valence-electron chi connectivity index (χ3n) is 3.43. The van der Waals surface area contributed by atoms with Gasteiger partial charge in [0, 0.05) is 0 Å². The van der Waals surface area contributed by atoms with E-state index in [1.54, 1.807) is 0 Å². The lowest BCUT2D eigenvalue weighted by Crippen LogP contribution is -1.98. The fourth-order valence-electron chi connectivity index (χ4n) is 2.30. The Labute approximate surface area is 112 Å². The van der Waals surface area contributed by atoms with E-state index < -0.39 is 0 Å². The van der Waals surface area contributed by atoms with E-state index in [1.165, 1.54) is 56.9 Å². The standard InChI is InChI=1S/C17H28O/c1-16(18)12-8-5-3-2-4-6-9-13-17-14-10-7-11-15-17/h7,10-11,14-16,18H,2-6,8-9,12-13H2,1H3/t16-/m0/s1. The number of benzene rings is 1. The summed E-state index contributed by atoms with van der Waals surface area (Å²) >= 11 is 0. The van der Waals surface area contributed by atoms with Gasteiger partial charge in [0.15, 0.2) is 0 Å². The highest BCUT2D eigenvalue weighted by molar-refractivity contribution is 5.14. The molecule has 102 valence electrons. The summed E-state index contributed by atoms with van der Waals surface area (Å²) < 4.78 is 0. The van der Waals surface area contributed by atoms with E-state index in [1.807, 2.05) is 6.92 Å². The predicted octanol–water partition coefficient (Wildman–Crippen LogP) is 4.73. The van der Waals surface area contributed by atoms with E-state index in [2.05, 4.69) is 30.3 Å². The molecule has 1 rings (SSSR count). The average Bonchev–Trinajstić information content (AvgIpc) is 2.37. The quantitative estimate of drug-likeness (QED) is 0.593. The van der Waals surface area contributed by atoms with Gasteiger partial charge >= 0.3 is 0 Å². The van der Waals surface area contributed by atoms with Crippen LogP contribution >= 0.6 is 0 Å². The van der Waals surface area contributed by atoms with Crippen molar-refractivity contribution in [2.24, 2.45) is 0 Å². The third-order valence-corrected chi connectivity index (χ3v) is 3.43. The summed E-state index contributed by atoms with van der Waals surface area (Å²) in [6.45, 7) is 1.88. The topological polar surface area (TPSA) is 20.2 Å². The molecule has 1 N–H and O–H groups in total. The normalized spacial score (nSPS) is 12.6. The van der Waals surface area contributed by atoms with Crippen LogP contribution in [0.3, 0.4) is 0 Å². The van der Waals surface area contributed by atoms with Gasteiger partial charge in [-0.1, -0.05) is 68.9 Å². The molecule has 0 aromatic heterocycles. The van der Waals surface area contributed by atoms with Crippen molar-refractivity contribution in [1.29, 1.82) is 0 Å². The second-order valence-corrected chi connectivity index (χ2v) is 5.35. The Morgan fingerprint density at radius 2 is 1.39 bits per heavy atom. The first-order chi connectivity index (χ1) is 8.79. The highest BCUT2D eigenvalue weighted by atomic mass is 16.3. The summed E-state index contributed by atoms with van der Waals surface area (Å²) in [4.78, 5) is 0. The smallest absolute Gasteiger partial charge is 0.0512 e. The Bertz CT molecular complexity index is 279. The molecule has 0 amide bonds. The van der Waals surface area contributed by atoms with Crippen LogP contribution < -0.4 is 0 Å². The maximum absolute atomic E-state index is 9.13. The van der Waals surface area contributed by atoms with Gasteiger partial charge in [-0.3, -0.25) is 0 Å². The van der Waals surface area contributed by atoms with Crippen LogP contribution in [-0.4, -0.2) is 11.2 Å². The first-order valence-corrected chi connectivity index (χ1v) is 7.51. The first-order valence-electron chi connectivity index (χ1n) is 7.51. The van der Waals surface area contributed by atoms with Crippen molar-refractivity contribution in [2.45, 2.75) is 70.8 Å². The zero-order valence-electron chi connectivity index (χ0n) is 11.8. The fraction of sp³-hybridized carbons (Fsp3) is 0.647. The lowest BCUT2D eigenvalue weighted by molar-refractivity contribution is 0.180. The van der Waals surface area contributed by atoms with Crippen LogP contribution in [-0.2, 0) is 6.42 Å². The molecule has 0 heterocycles. The third kappa shape index (κ3) is 8.30. The maximum Gasteiger partial charge on any atom is 0.0512 e. The number of aliphatic hydroxyl groups excluding tert-OH is 1. The Balaban J connectivity index is 1.84. The van der Waals surface area contributed by atoms with Gasteiger partial charge in [0.25, 0.3) is 0 Å². The minimum absolute atomic E-state index is 0.115. The largest absolute Gasteiger partial charge is 0.393 e. The van der Waals surface area contributed by atoms with Gasteiger partial charge < -0.3 is 5.11 Å². The van der Waals surface area contributed by atoms with Crippen molar-refractivity contribution in [3.05, 3.63) is 35.9 Å². The van der Waals surface area contributed by atoms with Crippen molar-refractivity contribution in [3.63, 3.8) is 0 Å². The van der Waals surface area contributed by atoms with Crippen molar-refractivity contribution in [1.82, 2.24) is 0 Å². The zero-order chi connectivity index (χ0) is 13.1. The first kappa shape index (κ1) is 15.2. The van der Waals surface area contributed by atoms with Crippen LogP contribution in [0, 0.1) is 0 Å². The summed E-state index contributed by atoms with van der Waals surface area (Å²) in [5.74, 6) is 0. The minimum Gasteiger partial charge on any atom is -0.393 e. The van der Waals surface area contributed by atoms with Gasteiger partial charge in [-0.15, -0.1) is 0 Å². The Morgan fingerprint density at radius 3 is 2.00 bits per heavy atom. The Kier molecular flexibility index (Phi) is 8.58. The SMILES string of the molecule is C[C@H](O)CCCCCCCCCc1ccccc1. The van der Waals surface area contributed by atoms with Crippen molar-refractivity contribution in [3.8, 4) is 0 Å². The van der Waals surface area contributed by atoms with Gasteiger partial charge in [-0.25, -0.2) is 0 Å². The molecule has 0 saturated heterocycles. The van der Waals surface area contributed by atoms with Crippen LogP contribution in [0.5, 0.6) is 0 Å². The van der Waals surface area contributed by atoms with Gasteiger partial charge in [-0.2, -0.15) is 0 Å². The lowest BCUT2D eigenvalue weighted by Gasteiger charge is -2.04. The van der Waals surface area contributed by atoms with Crippen molar-refractivity contribution in [2.75, 3.05) is 0 Å². The molecule has 0 radical (unpaired) electrons. The van der Waals surface area contributed by atoms with Gasteiger partial charge in [0.1, 0.15) is 0 Å². The highest BCUT2D eigenvalue weighted by Crippen LogP contribution is 2.11. The molecule has 1 nitrogen and oxygen atoms in total. The van der Waals surface area contributed by atoms with E-state index in [-0.39, 0.29) is 6.10 Å². The molecule has 0 unspecified atom stereocenters. The second-order valence-electron chi connectivity index (χ2n) is 5.35. The average molecular weight is 248 g/mol. The summed E-state index contributed by atoms with van der Waals surface area (Å²) in [5.41, 5.74) is 1.47. The van der Waals surface area contributed by atoms with Crippen LogP contribution in [0.15, 0.2) is 30.3 Å². The van der Waals surface area contributed by atoms with E-state index >= 15 is 0 Å². The molecule has 0 bridgehead atoms. The second kappa shape index (κ2) is 10.1. The molecule has 1 aromatic rings. The van der Waals surface area contributed by atoms with E-state index in [0.717, 1.165) is 6.42 Å². The van der Waals surface area contributed by atoms with E-state index in [9.17, 15) is 0 Å². The molecule has 0 aliphatic rings. The number of aryl methyl sites for hydroxylation is 1. The van der Waals surface area contributed by atoms with Crippen LogP contribution in [0.1, 0.15) is 63.9 Å². The van der Waals surface area contributed by atoms with Gasteiger partial charge in [0.2, 0.25) is 0 Å². The van der Waals surface area contributed by atoms with E-state index in [4.69, 9.17) is 5.11 Å². The monoisotopic (exact) mass is 248 g/mol. The number of unbranched alkanes of at least 4 members (excludes halogenated alkanes) is 6. The molecule has 1 aromatic carbocycles. The molecular weight excluding hydrogens is 220 g/mol. The maximum atomic E-state index is 9.13. The molecule has 0 spiro atoms. The summed E-state index contributed by atoms with van der Waals surface area (Å²) in [6.07, 6.45) is 11.3. The number of hydrogen-bond donors (Lipinski definition) is 1. The van der Waals surface area contributed by atoms with Gasteiger partial charge in [-0.05, 0) is 31.7 Å². The van der Waals surface area contributed by atoms with Crippen LogP contribution in [0.25, 0.3) is 0 Å². The van der Waals surface area contributed by atoms with E-state index in [0.29, 0.717) is 0 Å². The fourth-order valence-corrected chi connectivity index (χ4v) is 2.30. The van der Waals surface area contributed by atoms with Gasteiger partial charge in [0.05, 0.1) is 6.10 Å².